The molecular formula is C19H23N3O2. The first-order valence-electron chi connectivity index (χ1n) is 8.36. The smallest absolute Gasteiger partial charge is 0.254 e. The van der Waals surface area contributed by atoms with Gasteiger partial charge >= 0.3 is 0 Å². The molecule has 2 heterocycles. The van der Waals surface area contributed by atoms with Crippen molar-refractivity contribution in [2.24, 2.45) is 0 Å². The number of carbonyl (C=O) groups is 1. The van der Waals surface area contributed by atoms with Gasteiger partial charge in [0.2, 0.25) is 0 Å². The second-order valence-electron chi connectivity index (χ2n) is 5.99. The molecule has 1 aromatic heterocycles. The van der Waals surface area contributed by atoms with Gasteiger partial charge in [-0.15, -0.1) is 0 Å². The third kappa shape index (κ3) is 3.92. The van der Waals surface area contributed by atoms with E-state index < -0.39 is 0 Å². The second kappa shape index (κ2) is 7.93. The number of likely N-dealkylation sites (tertiary alicyclic amines) is 1. The number of amides is 1. The Labute approximate surface area is 142 Å². The fourth-order valence-electron chi connectivity index (χ4n) is 3.05. The number of carbonyl (C=O) groups excluding carboxylic acids is 1. The Morgan fingerprint density at radius 2 is 2.12 bits per heavy atom. The van der Waals surface area contributed by atoms with Crippen LogP contribution >= 0.6 is 0 Å². The molecular weight excluding hydrogens is 302 g/mol. The summed E-state index contributed by atoms with van der Waals surface area (Å²) in [6.45, 7) is 2.10. The van der Waals surface area contributed by atoms with Crippen molar-refractivity contribution in [3.8, 4) is 5.75 Å². The van der Waals surface area contributed by atoms with Crippen LogP contribution in [0, 0.1) is 0 Å². The van der Waals surface area contributed by atoms with E-state index in [0.717, 1.165) is 37.4 Å². The number of aromatic nitrogens is 1. The predicted octanol–water partition coefficient (Wildman–Crippen LogP) is 2.48. The normalized spacial score (nSPS) is 17.0. The molecule has 1 amide bonds. The lowest BCUT2D eigenvalue weighted by Gasteiger charge is -2.24. The van der Waals surface area contributed by atoms with Crippen molar-refractivity contribution in [3.63, 3.8) is 0 Å². The van der Waals surface area contributed by atoms with E-state index in [1.165, 1.54) is 0 Å². The molecule has 24 heavy (non-hydrogen) atoms. The molecule has 0 spiro atoms. The number of pyridine rings is 1. The largest absolute Gasteiger partial charge is 0.487 e. The SMILES string of the molecule is CNC[C@H]1CCCN1C(=O)c1ccc(OCc2ccccn2)cc1. The molecule has 1 N–H and O–H groups in total. The molecule has 0 saturated carbocycles. The lowest BCUT2D eigenvalue weighted by Crippen LogP contribution is -2.40. The van der Waals surface area contributed by atoms with Gasteiger partial charge in [0, 0.05) is 30.9 Å². The zero-order valence-electron chi connectivity index (χ0n) is 13.9. The van der Waals surface area contributed by atoms with E-state index in [-0.39, 0.29) is 5.91 Å². The van der Waals surface area contributed by atoms with Crippen LogP contribution in [0.4, 0.5) is 0 Å². The van der Waals surface area contributed by atoms with Gasteiger partial charge in [0.25, 0.3) is 5.91 Å². The molecule has 1 saturated heterocycles. The monoisotopic (exact) mass is 325 g/mol. The first-order chi connectivity index (χ1) is 11.8. The number of nitrogens with zero attached hydrogens (tertiary/aromatic N) is 2. The van der Waals surface area contributed by atoms with E-state index in [9.17, 15) is 4.79 Å². The average Bonchev–Trinajstić information content (AvgIpc) is 3.09. The highest BCUT2D eigenvalue weighted by Crippen LogP contribution is 2.21. The van der Waals surface area contributed by atoms with Crippen LogP contribution in [-0.2, 0) is 6.61 Å². The molecule has 5 nitrogen and oxygen atoms in total. The van der Waals surface area contributed by atoms with Crippen molar-refractivity contribution in [1.29, 1.82) is 0 Å². The highest BCUT2D eigenvalue weighted by Gasteiger charge is 2.28. The quantitative estimate of drug-likeness (QED) is 0.886. The van der Waals surface area contributed by atoms with Crippen LogP contribution in [0.1, 0.15) is 28.9 Å². The minimum absolute atomic E-state index is 0.101. The van der Waals surface area contributed by atoms with Gasteiger partial charge in [0.1, 0.15) is 12.4 Å². The van der Waals surface area contributed by atoms with Crippen LogP contribution in [0.15, 0.2) is 48.7 Å². The minimum Gasteiger partial charge on any atom is -0.487 e. The summed E-state index contributed by atoms with van der Waals surface area (Å²) in [5.74, 6) is 0.842. The summed E-state index contributed by atoms with van der Waals surface area (Å²) in [4.78, 5) is 18.9. The lowest BCUT2D eigenvalue weighted by molar-refractivity contribution is 0.0737. The van der Waals surface area contributed by atoms with E-state index in [4.69, 9.17) is 4.74 Å². The third-order valence-electron chi connectivity index (χ3n) is 4.29. The Bertz CT molecular complexity index is 658. The number of likely N-dealkylation sites (N-methyl/N-ethyl adjacent to an activating group) is 1. The molecule has 0 bridgehead atoms. The van der Waals surface area contributed by atoms with Gasteiger partial charge < -0.3 is 15.0 Å². The average molecular weight is 325 g/mol. The number of hydrogen-bond acceptors (Lipinski definition) is 4. The van der Waals surface area contributed by atoms with E-state index in [1.807, 2.05) is 54.4 Å². The zero-order valence-corrected chi connectivity index (χ0v) is 13.9. The van der Waals surface area contributed by atoms with E-state index in [2.05, 4.69) is 10.3 Å². The van der Waals surface area contributed by atoms with Crippen LogP contribution < -0.4 is 10.1 Å². The molecule has 1 aliphatic heterocycles. The van der Waals surface area contributed by atoms with Gasteiger partial charge in [-0.05, 0) is 56.3 Å². The number of nitrogens with one attached hydrogen (secondary N) is 1. The molecule has 3 rings (SSSR count). The molecule has 0 aliphatic carbocycles. The summed E-state index contributed by atoms with van der Waals surface area (Å²) in [5, 5.41) is 3.17. The molecule has 1 aromatic carbocycles. The Morgan fingerprint density at radius 1 is 1.29 bits per heavy atom. The van der Waals surface area contributed by atoms with Gasteiger partial charge in [-0.2, -0.15) is 0 Å². The Hall–Kier alpha value is -2.40. The molecule has 126 valence electrons. The van der Waals surface area contributed by atoms with Crippen LogP contribution in [0.25, 0.3) is 0 Å². The lowest BCUT2D eigenvalue weighted by atomic mass is 10.1. The molecule has 2 aromatic rings. The number of ether oxygens (including phenoxy) is 1. The van der Waals surface area contributed by atoms with E-state index in [1.54, 1.807) is 6.20 Å². The molecule has 1 atom stereocenters. The Kier molecular flexibility index (Phi) is 5.43. The maximum Gasteiger partial charge on any atom is 0.254 e. The van der Waals surface area contributed by atoms with Gasteiger partial charge in [0.05, 0.1) is 5.69 Å². The summed E-state index contributed by atoms with van der Waals surface area (Å²) in [6, 6.07) is 13.4. The van der Waals surface area contributed by atoms with Crippen molar-refractivity contribution in [2.45, 2.75) is 25.5 Å². The molecule has 5 heteroatoms. The molecule has 1 fully saturated rings. The van der Waals surface area contributed by atoms with Crippen LogP contribution in [-0.4, -0.2) is 42.0 Å². The summed E-state index contributed by atoms with van der Waals surface area (Å²) in [6.07, 6.45) is 3.89. The number of rotatable bonds is 6. The highest BCUT2D eigenvalue weighted by atomic mass is 16.5. The Morgan fingerprint density at radius 3 is 2.83 bits per heavy atom. The van der Waals surface area contributed by atoms with Gasteiger partial charge in [-0.3, -0.25) is 9.78 Å². The molecule has 0 radical (unpaired) electrons. The van der Waals surface area contributed by atoms with Crippen molar-refractivity contribution < 1.29 is 9.53 Å². The van der Waals surface area contributed by atoms with Crippen LogP contribution in [0.5, 0.6) is 5.75 Å². The van der Waals surface area contributed by atoms with Crippen molar-refractivity contribution in [1.82, 2.24) is 15.2 Å². The maximum absolute atomic E-state index is 12.7. The topological polar surface area (TPSA) is 54.5 Å². The number of hydrogen-bond donors (Lipinski definition) is 1. The summed E-state index contributed by atoms with van der Waals surface area (Å²) in [7, 11) is 1.93. The fourth-order valence-corrected chi connectivity index (χ4v) is 3.05. The van der Waals surface area contributed by atoms with E-state index >= 15 is 0 Å². The van der Waals surface area contributed by atoms with Crippen molar-refractivity contribution in [3.05, 3.63) is 59.9 Å². The van der Waals surface area contributed by atoms with Gasteiger partial charge in [0.15, 0.2) is 0 Å². The van der Waals surface area contributed by atoms with Gasteiger partial charge in [-0.1, -0.05) is 6.07 Å². The third-order valence-corrected chi connectivity index (χ3v) is 4.29. The Balaban J connectivity index is 1.60. The standard InChI is InChI=1S/C19H23N3O2/c1-20-13-17-6-4-12-22(17)19(23)15-7-9-18(10-8-15)24-14-16-5-2-3-11-21-16/h2-3,5,7-11,17,20H,4,6,12-14H2,1H3/t17-/m1/s1. The maximum atomic E-state index is 12.7. The minimum atomic E-state index is 0.101. The summed E-state index contributed by atoms with van der Waals surface area (Å²) in [5.41, 5.74) is 1.59. The fraction of sp³-hybridized carbons (Fsp3) is 0.368. The van der Waals surface area contributed by atoms with Gasteiger partial charge in [-0.25, -0.2) is 0 Å². The van der Waals surface area contributed by atoms with Crippen molar-refractivity contribution in [2.75, 3.05) is 20.1 Å². The first-order valence-corrected chi connectivity index (χ1v) is 8.36. The van der Waals surface area contributed by atoms with Crippen molar-refractivity contribution >= 4 is 5.91 Å². The van der Waals surface area contributed by atoms with Crippen LogP contribution in [0.3, 0.4) is 0 Å². The molecule has 0 unspecified atom stereocenters. The highest BCUT2D eigenvalue weighted by molar-refractivity contribution is 5.94. The van der Waals surface area contributed by atoms with Crippen LogP contribution in [0.2, 0.25) is 0 Å². The first kappa shape index (κ1) is 16.5. The zero-order chi connectivity index (χ0) is 16.8. The second-order valence-corrected chi connectivity index (χ2v) is 5.99. The predicted molar refractivity (Wildman–Crippen MR) is 93.0 cm³/mol. The summed E-state index contributed by atoms with van der Waals surface area (Å²) < 4.78 is 5.71. The van der Waals surface area contributed by atoms with E-state index in [0.29, 0.717) is 18.2 Å². The molecule has 1 aliphatic rings. The number of benzene rings is 1. The summed E-state index contributed by atoms with van der Waals surface area (Å²) >= 11 is 0.